The van der Waals surface area contributed by atoms with Crippen molar-refractivity contribution < 1.29 is 27.5 Å². The van der Waals surface area contributed by atoms with Gasteiger partial charge in [0, 0.05) is 12.8 Å². The zero-order valence-electron chi connectivity index (χ0n) is 17.0. The van der Waals surface area contributed by atoms with Crippen molar-refractivity contribution in [3.05, 3.63) is 48.0 Å². The molecule has 1 atom stereocenters. The average molecular weight is 432 g/mol. The number of methoxy groups -OCH3 is 1. The Hall–Kier alpha value is -2.91. The van der Waals surface area contributed by atoms with Crippen molar-refractivity contribution in [1.29, 1.82) is 0 Å². The fourth-order valence-electron chi connectivity index (χ4n) is 3.16. The number of hydrogen-bond donors (Lipinski definition) is 1. The summed E-state index contributed by atoms with van der Waals surface area (Å²) in [7, 11) is -2.53. The number of imide groups is 1. The number of ether oxygens (including phenoxy) is 2. The van der Waals surface area contributed by atoms with E-state index in [9.17, 15) is 18.0 Å². The first-order valence-electron chi connectivity index (χ1n) is 9.47. The molecule has 8 nitrogen and oxygen atoms in total. The van der Waals surface area contributed by atoms with Crippen LogP contribution < -0.4 is 19.1 Å². The van der Waals surface area contributed by atoms with Gasteiger partial charge in [-0.1, -0.05) is 18.2 Å². The molecule has 3 rings (SSSR count). The summed E-state index contributed by atoms with van der Waals surface area (Å²) in [5, 5.41) is 0. The predicted octanol–water partition coefficient (Wildman–Crippen LogP) is 2.40. The van der Waals surface area contributed by atoms with E-state index >= 15 is 0 Å². The number of carbonyl (C=O) groups is 2. The van der Waals surface area contributed by atoms with Crippen molar-refractivity contribution in [2.75, 3.05) is 18.6 Å². The van der Waals surface area contributed by atoms with E-state index in [0.717, 1.165) is 10.5 Å². The van der Waals surface area contributed by atoms with Gasteiger partial charge in [-0.3, -0.25) is 9.59 Å². The van der Waals surface area contributed by atoms with Crippen LogP contribution in [0.3, 0.4) is 0 Å². The smallest absolute Gasteiger partial charge is 0.241 e. The number of nitrogens with zero attached hydrogens (tertiary/aromatic N) is 1. The van der Waals surface area contributed by atoms with Gasteiger partial charge in [-0.25, -0.2) is 18.0 Å². The quantitative estimate of drug-likeness (QED) is 0.643. The first-order valence-corrected chi connectivity index (χ1v) is 11.0. The Bertz CT molecular complexity index is 1050. The van der Waals surface area contributed by atoms with Gasteiger partial charge in [0.2, 0.25) is 21.8 Å². The van der Waals surface area contributed by atoms with Crippen LogP contribution in [0.1, 0.15) is 25.3 Å². The average Bonchev–Trinajstić information content (AvgIpc) is 3.04. The van der Waals surface area contributed by atoms with Gasteiger partial charge in [-0.2, -0.15) is 0 Å². The largest absolute Gasteiger partial charge is 0.495 e. The zero-order chi connectivity index (χ0) is 21.9. The number of sulfonamides is 1. The van der Waals surface area contributed by atoms with E-state index in [4.69, 9.17) is 9.47 Å². The first kappa shape index (κ1) is 21.8. The third kappa shape index (κ3) is 4.63. The normalized spacial score (nSPS) is 15.4. The molecule has 0 radical (unpaired) electrons. The fraction of sp³-hybridized carbons (Fsp3) is 0.333. The van der Waals surface area contributed by atoms with Gasteiger partial charge in [-0.05, 0) is 43.7 Å². The summed E-state index contributed by atoms with van der Waals surface area (Å²) < 4.78 is 39.2. The third-order valence-corrected chi connectivity index (χ3v) is 6.28. The molecule has 2 aromatic carbocycles. The number of para-hydroxylation sites is 1. The summed E-state index contributed by atoms with van der Waals surface area (Å²) in [4.78, 5) is 25.1. The number of carbonyl (C=O) groups excluding carboxylic acids is 2. The summed E-state index contributed by atoms with van der Waals surface area (Å²) >= 11 is 0. The van der Waals surface area contributed by atoms with Crippen molar-refractivity contribution >= 4 is 27.5 Å². The molecule has 0 bridgehead atoms. The van der Waals surface area contributed by atoms with Crippen molar-refractivity contribution in [1.82, 2.24) is 4.72 Å². The SMILES string of the molecule is COc1ccc(S(=O)(=O)N[C@@H](C)COc2ccccc2C)cc1N1C(=O)CCC1=O. The highest BCUT2D eigenvalue weighted by Gasteiger charge is 2.33. The lowest BCUT2D eigenvalue weighted by Crippen LogP contribution is -2.37. The molecule has 160 valence electrons. The van der Waals surface area contributed by atoms with Gasteiger partial charge < -0.3 is 9.47 Å². The zero-order valence-corrected chi connectivity index (χ0v) is 17.9. The molecule has 1 saturated heterocycles. The van der Waals surface area contributed by atoms with E-state index in [-0.39, 0.29) is 47.6 Å². The standard InChI is InChI=1S/C21H24N2O6S/c1-14-6-4-5-7-18(14)29-13-15(2)22-30(26,27)16-8-9-19(28-3)17(12-16)23-20(24)10-11-21(23)25/h4-9,12,15,22H,10-11,13H2,1-3H3/t15-/m0/s1. The molecular formula is C21H24N2O6S. The van der Waals surface area contributed by atoms with Crippen LogP contribution in [-0.4, -0.2) is 40.0 Å². The fourth-order valence-corrected chi connectivity index (χ4v) is 4.40. The minimum Gasteiger partial charge on any atom is -0.495 e. The van der Waals surface area contributed by atoms with Crippen LogP contribution in [0.4, 0.5) is 5.69 Å². The molecule has 2 amide bonds. The van der Waals surface area contributed by atoms with Gasteiger partial charge in [0.15, 0.2) is 0 Å². The van der Waals surface area contributed by atoms with E-state index in [2.05, 4.69) is 4.72 Å². The van der Waals surface area contributed by atoms with Gasteiger partial charge in [0.1, 0.15) is 18.1 Å². The number of aryl methyl sites for hydroxylation is 1. The maximum atomic E-state index is 12.9. The Balaban J connectivity index is 1.78. The van der Waals surface area contributed by atoms with Crippen molar-refractivity contribution in [3.8, 4) is 11.5 Å². The van der Waals surface area contributed by atoms with E-state index in [0.29, 0.717) is 5.75 Å². The number of benzene rings is 2. The van der Waals surface area contributed by atoms with Gasteiger partial charge >= 0.3 is 0 Å². The summed E-state index contributed by atoms with van der Waals surface area (Å²) in [5.74, 6) is 0.149. The molecule has 9 heteroatoms. The molecular weight excluding hydrogens is 408 g/mol. The minimum absolute atomic E-state index is 0.0754. The lowest BCUT2D eigenvalue weighted by molar-refractivity contribution is -0.121. The van der Waals surface area contributed by atoms with Gasteiger partial charge in [0.05, 0.1) is 23.7 Å². The Kier molecular flexibility index (Phi) is 6.42. The molecule has 0 aromatic heterocycles. The molecule has 2 aromatic rings. The molecule has 1 heterocycles. The third-order valence-electron chi connectivity index (χ3n) is 4.69. The molecule has 1 aliphatic rings. The lowest BCUT2D eigenvalue weighted by Gasteiger charge is -2.20. The second-order valence-electron chi connectivity index (χ2n) is 7.06. The highest BCUT2D eigenvalue weighted by molar-refractivity contribution is 7.89. The molecule has 1 aliphatic heterocycles. The van der Waals surface area contributed by atoms with Gasteiger partial charge in [-0.15, -0.1) is 0 Å². The summed E-state index contributed by atoms with van der Waals surface area (Å²) in [6, 6.07) is 11.0. The molecule has 0 aliphatic carbocycles. The van der Waals surface area contributed by atoms with E-state index in [1.165, 1.54) is 25.3 Å². The van der Waals surface area contributed by atoms with E-state index in [1.54, 1.807) is 6.92 Å². The van der Waals surface area contributed by atoms with Crippen LogP contribution in [0.25, 0.3) is 0 Å². The van der Waals surface area contributed by atoms with Crippen LogP contribution in [0.15, 0.2) is 47.4 Å². The van der Waals surface area contributed by atoms with Gasteiger partial charge in [0.25, 0.3) is 0 Å². The Morgan fingerprint density at radius 3 is 2.37 bits per heavy atom. The Morgan fingerprint density at radius 2 is 1.73 bits per heavy atom. The molecule has 0 unspecified atom stereocenters. The van der Waals surface area contributed by atoms with Crippen LogP contribution in [0.2, 0.25) is 0 Å². The molecule has 0 spiro atoms. The lowest BCUT2D eigenvalue weighted by atomic mass is 10.2. The van der Waals surface area contributed by atoms with Crippen molar-refractivity contribution in [2.45, 2.75) is 37.6 Å². The molecule has 30 heavy (non-hydrogen) atoms. The highest BCUT2D eigenvalue weighted by atomic mass is 32.2. The second-order valence-corrected chi connectivity index (χ2v) is 8.77. The second kappa shape index (κ2) is 8.85. The number of nitrogens with one attached hydrogen (secondary N) is 1. The van der Waals surface area contributed by atoms with Crippen molar-refractivity contribution in [2.24, 2.45) is 0 Å². The van der Waals surface area contributed by atoms with Crippen LogP contribution in [-0.2, 0) is 19.6 Å². The molecule has 1 N–H and O–H groups in total. The topological polar surface area (TPSA) is 102 Å². The monoisotopic (exact) mass is 432 g/mol. The van der Waals surface area contributed by atoms with Crippen LogP contribution in [0.5, 0.6) is 11.5 Å². The minimum atomic E-state index is -3.92. The summed E-state index contributed by atoms with van der Waals surface area (Å²) in [6.45, 7) is 3.73. The summed E-state index contributed by atoms with van der Waals surface area (Å²) in [5.41, 5.74) is 1.07. The number of hydrogen-bond acceptors (Lipinski definition) is 6. The maximum Gasteiger partial charge on any atom is 0.241 e. The molecule has 1 fully saturated rings. The van der Waals surface area contributed by atoms with Crippen LogP contribution >= 0.6 is 0 Å². The van der Waals surface area contributed by atoms with Crippen molar-refractivity contribution in [3.63, 3.8) is 0 Å². The predicted molar refractivity (Wildman–Crippen MR) is 111 cm³/mol. The highest BCUT2D eigenvalue weighted by Crippen LogP contribution is 2.34. The van der Waals surface area contributed by atoms with E-state index in [1.807, 2.05) is 31.2 Å². The Labute approximate surface area is 175 Å². The van der Waals surface area contributed by atoms with Crippen LogP contribution in [0, 0.1) is 6.92 Å². The number of anilines is 1. The Morgan fingerprint density at radius 1 is 1.07 bits per heavy atom. The van der Waals surface area contributed by atoms with E-state index < -0.39 is 16.1 Å². The summed E-state index contributed by atoms with van der Waals surface area (Å²) in [6.07, 6.45) is 0.176. The number of amides is 2. The number of rotatable bonds is 8. The first-order chi connectivity index (χ1) is 14.2. The molecule has 0 saturated carbocycles. The maximum absolute atomic E-state index is 12.9.